The molecule has 34 heavy (non-hydrogen) atoms. The van der Waals surface area contributed by atoms with Gasteiger partial charge in [-0.15, -0.1) is 0 Å². The molecule has 0 saturated carbocycles. The first kappa shape index (κ1) is 23.4. The minimum atomic E-state index is -0.715. The van der Waals surface area contributed by atoms with Crippen LogP contribution in [0.15, 0.2) is 70.3 Å². The average Bonchev–Trinajstić information content (AvgIpc) is 2.81. The third-order valence-electron chi connectivity index (χ3n) is 5.12. The maximum Gasteiger partial charge on any atom is 0.336 e. The highest BCUT2D eigenvalue weighted by Gasteiger charge is 2.20. The van der Waals surface area contributed by atoms with Gasteiger partial charge in [0.2, 0.25) is 5.91 Å². The SMILES string of the molecule is COc1cc2c(=O)n(-c3cccc(Cl)c3)c(=O)n(CC(=O)Nc3cccc(Cl)c3)c2cc1OC. The second-order valence-corrected chi connectivity index (χ2v) is 8.14. The number of nitrogens with one attached hydrogen (secondary N) is 1. The van der Waals surface area contributed by atoms with E-state index in [-0.39, 0.29) is 23.1 Å². The normalized spacial score (nSPS) is 10.8. The van der Waals surface area contributed by atoms with Gasteiger partial charge in [-0.2, -0.15) is 0 Å². The molecule has 1 aromatic heterocycles. The molecule has 8 nitrogen and oxygen atoms in total. The van der Waals surface area contributed by atoms with Crippen molar-refractivity contribution >= 4 is 45.7 Å². The lowest BCUT2D eigenvalue weighted by Crippen LogP contribution is -2.40. The van der Waals surface area contributed by atoms with Crippen LogP contribution in [0.2, 0.25) is 10.0 Å². The molecular formula is C24H19Cl2N3O5. The molecule has 1 heterocycles. The van der Waals surface area contributed by atoms with Gasteiger partial charge in [-0.25, -0.2) is 9.36 Å². The van der Waals surface area contributed by atoms with Crippen molar-refractivity contribution in [1.82, 2.24) is 9.13 Å². The van der Waals surface area contributed by atoms with E-state index in [0.717, 1.165) is 4.57 Å². The maximum absolute atomic E-state index is 13.5. The Hall–Kier alpha value is -3.75. The zero-order valence-electron chi connectivity index (χ0n) is 18.2. The lowest BCUT2D eigenvalue weighted by molar-refractivity contribution is -0.116. The first-order chi connectivity index (χ1) is 16.3. The van der Waals surface area contributed by atoms with Gasteiger partial charge < -0.3 is 14.8 Å². The highest BCUT2D eigenvalue weighted by atomic mass is 35.5. The molecule has 4 rings (SSSR count). The van der Waals surface area contributed by atoms with Crippen molar-refractivity contribution in [3.8, 4) is 17.2 Å². The predicted molar refractivity (Wildman–Crippen MR) is 132 cm³/mol. The van der Waals surface area contributed by atoms with Gasteiger partial charge in [0, 0.05) is 21.8 Å². The number of hydrogen-bond acceptors (Lipinski definition) is 5. The van der Waals surface area contributed by atoms with E-state index in [1.807, 2.05) is 0 Å². The van der Waals surface area contributed by atoms with Gasteiger partial charge >= 0.3 is 5.69 Å². The fraction of sp³-hybridized carbons (Fsp3) is 0.125. The number of anilines is 1. The molecule has 4 aromatic rings. The molecule has 0 aliphatic heterocycles. The number of amides is 1. The first-order valence-electron chi connectivity index (χ1n) is 10.1. The van der Waals surface area contributed by atoms with E-state index >= 15 is 0 Å². The second kappa shape index (κ2) is 9.62. The van der Waals surface area contributed by atoms with E-state index in [1.165, 1.54) is 37.0 Å². The number of carbonyl (C=O) groups is 1. The minimum Gasteiger partial charge on any atom is -0.493 e. The molecule has 0 radical (unpaired) electrons. The fourth-order valence-corrected chi connectivity index (χ4v) is 3.97. The van der Waals surface area contributed by atoms with Crippen molar-refractivity contribution in [3.63, 3.8) is 0 Å². The molecule has 174 valence electrons. The summed E-state index contributed by atoms with van der Waals surface area (Å²) in [4.78, 5) is 39.8. The molecule has 10 heteroatoms. The number of rotatable bonds is 6. The molecule has 1 amide bonds. The van der Waals surface area contributed by atoms with Gasteiger partial charge in [0.1, 0.15) is 6.54 Å². The van der Waals surface area contributed by atoms with Crippen LogP contribution < -0.4 is 26.0 Å². The zero-order chi connectivity index (χ0) is 24.4. The summed E-state index contributed by atoms with van der Waals surface area (Å²) in [6.45, 7) is -0.377. The van der Waals surface area contributed by atoms with Gasteiger partial charge in [0.25, 0.3) is 5.56 Å². The lowest BCUT2D eigenvalue weighted by atomic mass is 10.2. The number of fused-ring (bicyclic) bond motifs is 1. The van der Waals surface area contributed by atoms with Crippen LogP contribution >= 0.6 is 23.2 Å². The van der Waals surface area contributed by atoms with Crippen molar-refractivity contribution in [3.05, 3.63) is 91.5 Å². The molecular weight excluding hydrogens is 481 g/mol. The number of ether oxygens (including phenoxy) is 2. The lowest BCUT2D eigenvalue weighted by Gasteiger charge is -2.16. The fourth-order valence-electron chi connectivity index (χ4n) is 3.60. The number of nitrogens with zero attached hydrogens (tertiary/aromatic N) is 2. The van der Waals surface area contributed by atoms with Crippen molar-refractivity contribution in [1.29, 1.82) is 0 Å². The summed E-state index contributed by atoms with van der Waals surface area (Å²) in [5.74, 6) is 0.119. The Morgan fingerprint density at radius 3 is 2.21 bits per heavy atom. The molecule has 0 aliphatic rings. The number of benzene rings is 3. The molecule has 1 N–H and O–H groups in total. The van der Waals surface area contributed by atoms with Crippen molar-refractivity contribution in [2.75, 3.05) is 19.5 Å². The Labute approximate surface area is 203 Å². The summed E-state index contributed by atoms with van der Waals surface area (Å²) in [5, 5.41) is 3.67. The number of halogens is 2. The molecule has 0 unspecified atom stereocenters. The van der Waals surface area contributed by atoms with E-state index in [1.54, 1.807) is 42.5 Å². The van der Waals surface area contributed by atoms with E-state index in [9.17, 15) is 14.4 Å². The van der Waals surface area contributed by atoms with Crippen LogP contribution in [0.4, 0.5) is 5.69 Å². The summed E-state index contributed by atoms with van der Waals surface area (Å²) < 4.78 is 12.8. The number of carbonyl (C=O) groups excluding carboxylic acids is 1. The third-order valence-corrected chi connectivity index (χ3v) is 5.60. The summed E-state index contributed by atoms with van der Waals surface area (Å²) in [6, 6.07) is 15.9. The molecule has 0 aliphatic carbocycles. The zero-order valence-corrected chi connectivity index (χ0v) is 19.7. The monoisotopic (exact) mass is 499 g/mol. The molecule has 0 fully saturated rings. The van der Waals surface area contributed by atoms with Crippen LogP contribution in [0, 0.1) is 0 Å². The Morgan fingerprint density at radius 1 is 0.912 bits per heavy atom. The third kappa shape index (κ3) is 4.50. The van der Waals surface area contributed by atoms with E-state index in [4.69, 9.17) is 32.7 Å². The number of methoxy groups -OCH3 is 2. The second-order valence-electron chi connectivity index (χ2n) is 7.27. The Morgan fingerprint density at radius 2 is 1.56 bits per heavy atom. The van der Waals surface area contributed by atoms with Crippen LogP contribution in [0.25, 0.3) is 16.6 Å². The number of aromatic nitrogens is 2. The molecule has 0 saturated heterocycles. The summed E-state index contributed by atoms with van der Waals surface area (Å²) in [6.07, 6.45) is 0. The Bertz CT molecular complexity index is 1530. The van der Waals surface area contributed by atoms with Crippen LogP contribution in [0.3, 0.4) is 0 Å². The van der Waals surface area contributed by atoms with Crippen LogP contribution in [-0.2, 0) is 11.3 Å². The van der Waals surface area contributed by atoms with Gasteiger partial charge in [0.05, 0.1) is 30.8 Å². The smallest absolute Gasteiger partial charge is 0.336 e. The topological polar surface area (TPSA) is 91.6 Å². The summed E-state index contributed by atoms with van der Waals surface area (Å²) >= 11 is 12.1. The summed E-state index contributed by atoms with van der Waals surface area (Å²) in [5.41, 5.74) is -0.351. The van der Waals surface area contributed by atoms with Crippen molar-refractivity contribution < 1.29 is 14.3 Å². The van der Waals surface area contributed by atoms with Crippen molar-refractivity contribution in [2.45, 2.75) is 6.54 Å². The summed E-state index contributed by atoms with van der Waals surface area (Å²) in [7, 11) is 2.87. The van der Waals surface area contributed by atoms with Crippen LogP contribution in [0.1, 0.15) is 0 Å². The minimum absolute atomic E-state index is 0.160. The molecule has 0 bridgehead atoms. The first-order valence-corrected chi connectivity index (χ1v) is 10.8. The van der Waals surface area contributed by atoms with Gasteiger partial charge in [-0.1, -0.05) is 35.3 Å². The van der Waals surface area contributed by atoms with Gasteiger partial charge in [0.15, 0.2) is 11.5 Å². The van der Waals surface area contributed by atoms with E-state index in [2.05, 4.69) is 5.32 Å². The number of hydrogen-bond donors (Lipinski definition) is 1. The average molecular weight is 500 g/mol. The highest BCUT2D eigenvalue weighted by molar-refractivity contribution is 6.31. The predicted octanol–water partition coefficient (Wildman–Crippen LogP) is 4.12. The standard InChI is InChI=1S/C24H19Cl2N3O5/c1-33-20-11-18-19(12-21(20)34-2)28(13-22(30)27-16-7-3-5-14(25)9-16)24(32)29(23(18)31)17-8-4-6-15(26)10-17/h3-12H,13H2,1-2H3,(H,27,30). The highest BCUT2D eigenvalue weighted by Crippen LogP contribution is 2.30. The van der Waals surface area contributed by atoms with Crippen LogP contribution in [-0.4, -0.2) is 29.3 Å². The Balaban J connectivity index is 1.93. The van der Waals surface area contributed by atoms with Gasteiger partial charge in [-0.05, 0) is 42.5 Å². The van der Waals surface area contributed by atoms with E-state index < -0.39 is 17.2 Å². The molecule has 0 spiro atoms. The maximum atomic E-state index is 13.5. The molecule has 0 atom stereocenters. The molecule has 3 aromatic carbocycles. The van der Waals surface area contributed by atoms with E-state index in [0.29, 0.717) is 27.2 Å². The Kier molecular flexibility index (Phi) is 6.63. The van der Waals surface area contributed by atoms with Crippen LogP contribution in [0.5, 0.6) is 11.5 Å². The largest absolute Gasteiger partial charge is 0.493 e. The van der Waals surface area contributed by atoms with Crippen molar-refractivity contribution in [2.24, 2.45) is 0 Å². The quantitative estimate of drug-likeness (QED) is 0.430. The van der Waals surface area contributed by atoms with Gasteiger partial charge in [-0.3, -0.25) is 14.2 Å².